The molecule has 0 aliphatic heterocycles. The topological polar surface area (TPSA) is 75.6 Å². The van der Waals surface area contributed by atoms with Crippen LogP contribution in [0, 0.1) is 0 Å². The van der Waals surface area contributed by atoms with E-state index in [1.165, 1.54) is 29.5 Å². The predicted octanol–water partition coefficient (Wildman–Crippen LogP) is 3.88. The molecule has 0 bridgehead atoms. The van der Waals surface area contributed by atoms with Gasteiger partial charge in [0.25, 0.3) is 5.91 Å². The van der Waals surface area contributed by atoms with E-state index in [1.807, 2.05) is 35.0 Å². The Morgan fingerprint density at radius 1 is 1.15 bits per heavy atom. The summed E-state index contributed by atoms with van der Waals surface area (Å²) in [4.78, 5) is 24.8. The SMILES string of the molecule is O=C(Nc1ccc(-n2ccnc2)nc1)c1cccc2c3c([nH]c12)CCCC3. The van der Waals surface area contributed by atoms with Gasteiger partial charge in [0.05, 0.1) is 23.0 Å². The lowest BCUT2D eigenvalue weighted by atomic mass is 9.95. The second kappa shape index (κ2) is 6.39. The van der Waals surface area contributed by atoms with Crippen LogP contribution in [-0.2, 0) is 12.8 Å². The molecule has 1 aromatic carbocycles. The third-order valence-electron chi connectivity index (χ3n) is 5.15. The monoisotopic (exact) mass is 357 g/mol. The van der Waals surface area contributed by atoms with Crippen molar-refractivity contribution in [1.82, 2.24) is 19.5 Å². The summed E-state index contributed by atoms with van der Waals surface area (Å²) in [6, 6.07) is 9.63. The highest BCUT2D eigenvalue weighted by Gasteiger charge is 2.19. The van der Waals surface area contributed by atoms with Crippen molar-refractivity contribution in [3.05, 3.63) is 72.1 Å². The number of hydrogen-bond donors (Lipinski definition) is 2. The van der Waals surface area contributed by atoms with E-state index in [4.69, 9.17) is 0 Å². The number of carbonyl (C=O) groups is 1. The molecule has 3 aromatic heterocycles. The number of aryl methyl sites for hydroxylation is 2. The van der Waals surface area contributed by atoms with Gasteiger partial charge in [0.2, 0.25) is 0 Å². The fourth-order valence-electron chi connectivity index (χ4n) is 3.82. The maximum atomic E-state index is 12.9. The Hall–Kier alpha value is -3.41. The second-order valence-corrected chi connectivity index (χ2v) is 6.85. The number of para-hydroxylation sites is 1. The van der Waals surface area contributed by atoms with Crippen LogP contribution >= 0.6 is 0 Å². The summed E-state index contributed by atoms with van der Waals surface area (Å²) in [6.07, 6.45) is 11.4. The van der Waals surface area contributed by atoms with Crippen LogP contribution in [0.25, 0.3) is 16.7 Å². The molecule has 0 saturated carbocycles. The van der Waals surface area contributed by atoms with E-state index in [9.17, 15) is 4.79 Å². The maximum absolute atomic E-state index is 12.9. The van der Waals surface area contributed by atoms with Gasteiger partial charge in [0, 0.05) is 23.5 Å². The number of benzene rings is 1. The number of nitrogens with zero attached hydrogens (tertiary/aromatic N) is 3. The summed E-state index contributed by atoms with van der Waals surface area (Å²) in [5.74, 6) is 0.626. The van der Waals surface area contributed by atoms with Gasteiger partial charge in [-0.1, -0.05) is 12.1 Å². The van der Waals surface area contributed by atoms with E-state index in [2.05, 4.69) is 26.3 Å². The van der Waals surface area contributed by atoms with Gasteiger partial charge >= 0.3 is 0 Å². The van der Waals surface area contributed by atoms with E-state index in [-0.39, 0.29) is 5.91 Å². The van der Waals surface area contributed by atoms with Crippen LogP contribution in [0.2, 0.25) is 0 Å². The highest BCUT2D eigenvalue weighted by molar-refractivity contribution is 6.12. The minimum atomic E-state index is -0.128. The first-order chi connectivity index (χ1) is 13.3. The highest BCUT2D eigenvalue weighted by Crippen LogP contribution is 2.31. The van der Waals surface area contributed by atoms with Crippen molar-refractivity contribution in [2.45, 2.75) is 25.7 Å². The van der Waals surface area contributed by atoms with Crippen molar-refractivity contribution >= 4 is 22.5 Å². The van der Waals surface area contributed by atoms with Crippen LogP contribution in [-0.4, -0.2) is 25.4 Å². The fourth-order valence-corrected chi connectivity index (χ4v) is 3.82. The minimum absolute atomic E-state index is 0.128. The number of H-pyrrole nitrogens is 1. The Labute approximate surface area is 156 Å². The molecular weight excluding hydrogens is 338 g/mol. The molecule has 134 valence electrons. The van der Waals surface area contributed by atoms with E-state index in [1.54, 1.807) is 18.7 Å². The Kier molecular flexibility index (Phi) is 3.74. The zero-order valence-electron chi connectivity index (χ0n) is 14.8. The number of amides is 1. The lowest BCUT2D eigenvalue weighted by molar-refractivity contribution is 0.102. The molecule has 0 radical (unpaired) electrons. The smallest absolute Gasteiger partial charge is 0.257 e. The number of anilines is 1. The molecule has 6 nitrogen and oxygen atoms in total. The lowest BCUT2D eigenvalue weighted by Crippen LogP contribution is -2.12. The fraction of sp³-hybridized carbons (Fsp3) is 0.190. The van der Waals surface area contributed by atoms with Crippen LogP contribution in [0.4, 0.5) is 5.69 Å². The van der Waals surface area contributed by atoms with Gasteiger partial charge in [0.15, 0.2) is 0 Å². The zero-order valence-corrected chi connectivity index (χ0v) is 14.8. The van der Waals surface area contributed by atoms with Gasteiger partial charge in [-0.15, -0.1) is 0 Å². The molecule has 0 saturated heterocycles. The molecule has 0 spiro atoms. The number of hydrogen-bond acceptors (Lipinski definition) is 3. The van der Waals surface area contributed by atoms with Gasteiger partial charge in [-0.2, -0.15) is 0 Å². The standard InChI is InChI=1S/C21H19N5O/c27-21(24-14-8-9-19(23-12-14)26-11-10-22-13-26)17-6-3-5-16-15-4-1-2-7-18(15)25-20(16)17/h3,5-6,8-13,25H,1-2,4,7H2,(H,24,27). The largest absolute Gasteiger partial charge is 0.358 e. The summed E-state index contributed by atoms with van der Waals surface area (Å²) >= 11 is 0. The highest BCUT2D eigenvalue weighted by atomic mass is 16.1. The average molecular weight is 357 g/mol. The molecule has 0 fully saturated rings. The lowest BCUT2D eigenvalue weighted by Gasteiger charge is -2.10. The first kappa shape index (κ1) is 15.8. The quantitative estimate of drug-likeness (QED) is 0.584. The number of nitrogens with one attached hydrogen (secondary N) is 2. The summed E-state index contributed by atoms with van der Waals surface area (Å²) in [7, 11) is 0. The third-order valence-corrected chi connectivity index (χ3v) is 5.15. The number of fused-ring (bicyclic) bond motifs is 3. The normalized spacial score (nSPS) is 13.5. The zero-order chi connectivity index (χ0) is 18.2. The number of rotatable bonds is 3. The van der Waals surface area contributed by atoms with Gasteiger partial charge < -0.3 is 10.3 Å². The molecule has 1 aliphatic carbocycles. The molecular formula is C21H19N5O. The number of aromatic nitrogens is 4. The summed E-state index contributed by atoms with van der Waals surface area (Å²) in [5, 5.41) is 4.13. The van der Waals surface area contributed by atoms with Crippen molar-refractivity contribution in [3.63, 3.8) is 0 Å². The first-order valence-corrected chi connectivity index (χ1v) is 9.18. The Morgan fingerprint density at radius 3 is 2.89 bits per heavy atom. The van der Waals surface area contributed by atoms with Crippen molar-refractivity contribution in [2.75, 3.05) is 5.32 Å². The van der Waals surface area contributed by atoms with Crippen molar-refractivity contribution < 1.29 is 4.79 Å². The predicted molar refractivity (Wildman–Crippen MR) is 104 cm³/mol. The van der Waals surface area contributed by atoms with Gasteiger partial charge in [0.1, 0.15) is 12.1 Å². The third kappa shape index (κ3) is 2.79. The number of carbonyl (C=O) groups excluding carboxylic acids is 1. The molecule has 0 unspecified atom stereocenters. The molecule has 27 heavy (non-hydrogen) atoms. The van der Waals surface area contributed by atoms with E-state index in [0.717, 1.165) is 24.2 Å². The van der Waals surface area contributed by atoms with Gasteiger partial charge in [-0.25, -0.2) is 9.97 Å². The molecule has 5 rings (SSSR count). The Bertz CT molecular complexity index is 1110. The number of aromatic amines is 1. The second-order valence-electron chi connectivity index (χ2n) is 6.85. The van der Waals surface area contributed by atoms with E-state index in [0.29, 0.717) is 11.3 Å². The molecule has 1 aliphatic rings. The van der Waals surface area contributed by atoms with Crippen molar-refractivity contribution in [2.24, 2.45) is 0 Å². The molecule has 3 heterocycles. The molecule has 4 aromatic rings. The van der Waals surface area contributed by atoms with E-state index >= 15 is 0 Å². The van der Waals surface area contributed by atoms with Crippen molar-refractivity contribution in [1.29, 1.82) is 0 Å². The van der Waals surface area contributed by atoms with E-state index < -0.39 is 0 Å². The average Bonchev–Trinajstić information content (AvgIpc) is 3.36. The number of imidazole rings is 1. The molecule has 1 amide bonds. The van der Waals surface area contributed by atoms with Gasteiger partial charge in [-0.3, -0.25) is 9.36 Å². The summed E-state index contributed by atoms with van der Waals surface area (Å²) < 4.78 is 1.82. The van der Waals surface area contributed by atoms with Gasteiger partial charge in [-0.05, 0) is 49.4 Å². The first-order valence-electron chi connectivity index (χ1n) is 9.18. The van der Waals surface area contributed by atoms with Crippen LogP contribution in [0.1, 0.15) is 34.5 Å². The maximum Gasteiger partial charge on any atom is 0.257 e. The number of pyridine rings is 1. The van der Waals surface area contributed by atoms with Crippen LogP contribution in [0.15, 0.2) is 55.2 Å². The Balaban J connectivity index is 1.43. The van der Waals surface area contributed by atoms with Crippen LogP contribution in [0.5, 0.6) is 0 Å². The molecule has 2 N–H and O–H groups in total. The van der Waals surface area contributed by atoms with Crippen LogP contribution in [0.3, 0.4) is 0 Å². The van der Waals surface area contributed by atoms with Crippen molar-refractivity contribution in [3.8, 4) is 5.82 Å². The summed E-state index contributed by atoms with van der Waals surface area (Å²) in [6.45, 7) is 0. The molecule has 6 heteroatoms. The minimum Gasteiger partial charge on any atom is -0.358 e. The van der Waals surface area contributed by atoms with Crippen LogP contribution < -0.4 is 5.32 Å². The Morgan fingerprint density at radius 2 is 2.07 bits per heavy atom. The molecule has 0 atom stereocenters. The summed E-state index contributed by atoms with van der Waals surface area (Å²) in [5.41, 5.74) is 4.92.